The van der Waals surface area contributed by atoms with Crippen LogP contribution in [0.1, 0.15) is 34.1 Å². The van der Waals surface area contributed by atoms with Gasteiger partial charge in [0.05, 0.1) is 23.0 Å². The van der Waals surface area contributed by atoms with Crippen LogP contribution in [0.2, 0.25) is 0 Å². The average molecular weight is 399 g/mol. The fraction of sp³-hybridized carbons (Fsp3) is 0.240. The van der Waals surface area contributed by atoms with Crippen LogP contribution in [0, 0.1) is 13.8 Å². The number of hydrogen-bond acceptors (Lipinski definition) is 3. The molecule has 0 fully saturated rings. The molecule has 2 heterocycles. The first-order chi connectivity index (χ1) is 14.5. The zero-order valence-corrected chi connectivity index (χ0v) is 17.9. The van der Waals surface area contributed by atoms with Crippen molar-refractivity contribution in [3.63, 3.8) is 0 Å². The van der Waals surface area contributed by atoms with E-state index in [2.05, 4.69) is 31.1 Å². The second kappa shape index (κ2) is 8.11. The lowest BCUT2D eigenvalue weighted by Crippen LogP contribution is -2.26. The Hall–Kier alpha value is -3.47. The standard InChI is InChI=1S/C25H26N4O/c1-5-29-18(3)20(15-26-29)16-28(4)25(30)22-14-24(19-10-8-9-17(2)13-19)27-23-12-7-6-11-21(22)23/h6-15H,5,16H2,1-4H3. The minimum absolute atomic E-state index is 0.0221. The third-order valence-electron chi connectivity index (χ3n) is 5.52. The molecule has 0 aliphatic rings. The predicted octanol–water partition coefficient (Wildman–Crippen LogP) is 5.01. The van der Waals surface area contributed by atoms with Gasteiger partial charge in [-0.3, -0.25) is 9.48 Å². The van der Waals surface area contributed by atoms with Crippen LogP contribution in [-0.2, 0) is 13.1 Å². The predicted molar refractivity (Wildman–Crippen MR) is 120 cm³/mol. The van der Waals surface area contributed by atoms with Gasteiger partial charge in [-0.05, 0) is 39.0 Å². The topological polar surface area (TPSA) is 51.0 Å². The van der Waals surface area contributed by atoms with E-state index in [1.807, 2.05) is 67.3 Å². The summed E-state index contributed by atoms with van der Waals surface area (Å²) in [5, 5.41) is 5.27. The molecule has 152 valence electrons. The lowest BCUT2D eigenvalue weighted by Gasteiger charge is -2.19. The molecule has 2 aromatic carbocycles. The van der Waals surface area contributed by atoms with Crippen molar-refractivity contribution in [2.75, 3.05) is 7.05 Å². The Labute approximate surface area is 177 Å². The van der Waals surface area contributed by atoms with Crippen molar-refractivity contribution >= 4 is 16.8 Å². The van der Waals surface area contributed by atoms with E-state index in [4.69, 9.17) is 4.98 Å². The molecule has 5 nitrogen and oxygen atoms in total. The van der Waals surface area contributed by atoms with Crippen LogP contribution in [0.4, 0.5) is 0 Å². The summed E-state index contributed by atoms with van der Waals surface area (Å²) in [6, 6.07) is 17.9. The van der Waals surface area contributed by atoms with Crippen molar-refractivity contribution in [1.82, 2.24) is 19.7 Å². The largest absolute Gasteiger partial charge is 0.337 e. The highest BCUT2D eigenvalue weighted by atomic mass is 16.2. The highest BCUT2D eigenvalue weighted by Gasteiger charge is 2.19. The molecule has 0 saturated heterocycles. The van der Waals surface area contributed by atoms with E-state index in [9.17, 15) is 4.79 Å². The SMILES string of the molecule is CCn1ncc(CN(C)C(=O)c2cc(-c3cccc(C)c3)nc3ccccc23)c1C. The lowest BCUT2D eigenvalue weighted by atomic mass is 10.0. The first-order valence-electron chi connectivity index (χ1n) is 10.2. The highest BCUT2D eigenvalue weighted by Crippen LogP contribution is 2.26. The summed E-state index contributed by atoms with van der Waals surface area (Å²) in [7, 11) is 1.84. The number of amides is 1. The molecule has 0 saturated carbocycles. The van der Waals surface area contributed by atoms with E-state index in [0.717, 1.165) is 45.5 Å². The number of hydrogen-bond donors (Lipinski definition) is 0. The second-order valence-electron chi connectivity index (χ2n) is 7.67. The molecular weight excluding hydrogens is 372 g/mol. The van der Waals surface area contributed by atoms with Gasteiger partial charge >= 0.3 is 0 Å². The smallest absolute Gasteiger partial charge is 0.254 e. The van der Waals surface area contributed by atoms with Gasteiger partial charge in [0.15, 0.2) is 0 Å². The monoisotopic (exact) mass is 398 g/mol. The number of carbonyl (C=O) groups is 1. The van der Waals surface area contributed by atoms with Crippen molar-refractivity contribution in [3.8, 4) is 11.3 Å². The number of aryl methyl sites for hydroxylation is 2. The van der Waals surface area contributed by atoms with E-state index in [-0.39, 0.29) is 5.91 Å². The molecule has 0 spiro atoms. The Morgan fingerprint density at radius 1 is 1.07 bits per heavy atom. The van der Waals surface area contributed by atoms with Crippen molar-refractivity contribution in [3.05, 3.63) is 83.2 Å². The van der Waals surface area contributed by atoms with Gasteiger partial charge in [-0.1, -0.05) is 42.0 Å². The molecule has 0 bridgehead atoms. The summed E-state index contributed by atoms with van der Waals surface area (Å²) in [6.45, 7) is 7.50. The molecule has 1 amide bonds. The summed E-state index contributed by atoms with van der Waals surface area (Å²) in [4.78, 5) is 20.0. The minimum atomic E-state index is -0.0221. The number of fused-ring (bicyclic) bond motifs is 1. The summed E-state index contributed by atoms with van der Waals surface area (Å²) >= 11 is 0. The number of para-hydroxylation sites is 1. The van der Waals surface area contributed by atoms with E-state index in [0.29, 0.717) is 12.1 Å². The number of pyridine rings is 1. The third kappa shape index (κ3) is 3.71. The molecule has 0 aliphatic carbocycles. The Bertz CT molecular complexity index is 1230. The maximum atomic E-state index is 13.5. The molecule has 0 unspecified atom stereocenters. The number of carbonyl (C=O) groups excluding carboxylic acids is 1. The number of rotatable bonds is 5. The molecule has 2 aromatic heterocycles. The highest BCUT2D eigenvalue weighted by molar-refractivity contribution is 6.07. The average Bonchev–Trinajstić information content (AvgIpc) is 3.11. The van der Waals surface area contributed by atoms with Crippen LogP contribution in [0.15, 0.2) is 60.8 Å². The van der Waals surface area contributed by atoms with Gasteiger partial charge in [-0.15, -0.1) is 0 Å². The summed E-state index contributed by atoms with van der Waals surface area (Å²) in [5.74, 6) is -0.0221. The first kappa shape index (κ1) is 19.8. The van der Waals surface area contributed by atoms with Crippen LogP contribution in [0.25, 0.3) is 22.2 Å². The molecule has 5 heteroatoms. The Morgan fingerprint density at radius 3 is 2.60 bits per heavy atom. The maximum Gasteiger partial charge on any atom is 0.254 e. The molecule has 0 aliphatic heterocycles. The molecule has 0 radical (unpaired) electrons. The van der Waals surface area contributed by atoms with Gasteiger partial charge in [0.2, 0.25) is 0 Å². The number of benzene rings is 2. The molecule has 4 aromatic rings. The summed E-state index contributed by atoms with van der Waals surface area (Å²) < 4.78 is 1.95. The van der Waals surface area contributed by atoms with Crippen molar-refractivity contribution < 1.29 is 4.79 Å². The van der Waals surface area contributed by atoms with E-state index < -0.39 is 0 Å². The Morgan fingerprint density at radius 2 is 1.87 bits per heavy atom. The normalized spacial score (nSPS) is 11.1. The Balaban J connectivity index is 1.74. The van der Waals surface area contributed by atoms with Gasteiger partial charge in [0.25, 0.3) is 5.91 Å². The molecule has 4 rings (SSSR count). The lowest BCUT2D eigenvalue weighted by molar-refractivity contribution is 0.0787. The first-order valence-corrected chi connectivity index (χ1v) is 10.2. The number of aromatic nitrogens is 3. The third-order valence-corrected chi connectivity index (χ3v) is 5.52. The van der Waals surface area contributed by atoms with Crippen LogP contribution in [0.5, 0.6) is 0 Å². The van der Waals surface area contributed by atoms with Crippen LogP contribution in [-0.4, -0.2) is 32.6 Å². The fourth-order valence-electron chi connectivity index (χ4n) is 3.80. The van der Waals surface area contributed by atoms with Crippen LogP contribution in [0.3, 0.4) is 0 Å². The zero-order valence-electron chi connectivity index (χ0n) is 17.9. The van der Waals surface area contributed by atoms with Gasteiger partial charge in [-0.2, -0.15) is 5.10 Å². The molecular formula is C25H26N4O. The molecule has 0 N–H and O–H groups in total. The molecule has 30 heavy (non-hydrogen) atoms. The van der Waals surface area contributed by atoms with Gasteiger partial charge in [0.1, 0.15) is 0 Å². The number of nitrogens with zero attached hydrogens (tertiary/aromatic N) is 4. The summed E-state index contributed by atoms with van der Waals surface area (Å²) in [5.41, 5.74) is 6.63. The zero-order chi connectivity index (χ0) is 21.3. The van der Waals surface area contributed by atoms with E-state index >= 15 is 0 Å². The van der Waals surface area contributed by atoms with E-state index in [1.165, 1.54) is 0 Å². The van der Waals surface area contributed by atoms with Gasteiger partial charge < -0.3 is 4.90 Å². The summed E-state index contributed by atoms with van der Waals surface area (Å²) in [6.07, 6.45) is 1.85. The van der Waals surface area contributed by atoms with Crippen molar-refractivity contribution in [2.45, 2.75) is 33.9 Å². The quantitative estimate of drug-likeness (QED) is 0.475. The van der Waals surface area contributed by atoms with Crippen LogP contribution >= 0.6 is 0 Å². The van der Waals surface area contributed by atoms with E-state index in [1.54, 1.807) is 4.90 Å². The maximum absolute atomic E-state index is 13.5. The van der Waals surface area contributed by atoms with Crippen LogP contribution < -0.4 is 0 Å². The molecule has 0 atom stereocenters. The minimum Gasteiger partial charge on any atom is -0.337 e. The van der Waals surface area contributed by atoms with Gasteiger partial charge in [-0.25, -0.2) is 4.98 Å². The van der Waals surface area contributed by atoms with Gasteiger partial charge in [0, 0.05) is 42.3 Å². The van der Waals surface area contributed by atoms with Crippen molar-refractivity contribution in [2.24, 2.45) is 0 Å². The fourth-order valence-corrected chi connectivity index (χ4v) is 3.80. The Kier molecular flexibility index (Phi) is 5.36. The second-order valence-corrected chi connectivity index (χ2v) is 7.67. The van der Waals surface area contributed by atoms with Crippen molar-refractivity contribution in [1.29, 1.82) is 0 Å².